The summed E-state index contributed by atoms with van der Waals surface area (Å²) in [4.78, 5) is 0. The van der Waals surface area contributed by atoms with Crippen LogP contribution in [-0.2, 0) is 6.61 Å². The van der Waals surface area contributed by atoms with Crippen LogP contribution in [0, 0.1) is 6.92 Å². The number of halogens is 1. The van der Waals surface area contributed by atoms with E-state index in [1.807, 2.05) is 19.1 Å². The molecule has 4 nitrogen and oxygen atoms in total. The van der Waals surface area contributed by atoms with Gasteiger partial charge >= 0.3 is 7.12 Å². The van der Waals surface area contributed by atoms with Crippen LogP contribution in [-0.4, -0.2) is 24.3 Å². The minimum absolute atomic E-state index is 0.215. The monoisotopic (exact) mass is 306 g/mol. The van der Waals surface area contributed by atoms with Crippen molar-refractivity contribution in [3.63, 3.8) is 0 Å². The molecule has 21 heavy (non-hydrogen) atoms. The molecule has 0 aliphatic heterocycles. The third kappa shape index (κ3) is 3.91. The summed E-state index contributed by atoms with van der Waals surface area (Å²) in [6, 6.07) is 10.4. The van der Waals surface area contributed by atoms with E-state index in [1.54, 1.807) is 31.4 Å². The van der Waals surface area contributed by atoms with E-state index in [1.165, 1.54) is 0 Å². The average Bonchev–Trinajstić information content (AvgIpc) is 2.47. The number of hydrogen-bond donors (Lipinski definition) is 2. The predicted molar refractivity (Wildman–Crippen MR) is 83.3 cm³/mol. The van der Waals surface area contributed by atoms with Crippen molar-refractivity contribution in [1.29, 1.82) is 0 Å². The van der Waals surface area contributed by atoms with Crippen LogP contribution in [0.1, 0.15) is 11.1 Å². The molecular weight excluding hydrogens is 290 g/mol. The van der Waals surface area contributed by atoms with E-state index >= 15 is 0 Å². The third-order valence-corrected chi connectivity index (χ3v) is 3.38. The van der Waals surface area contributed by atoms with Gasteiger partial charge in [-0.1, -0.05) is 29.8 Å². The first-order chi connectivity index (χ1) is 10.0. The van der Waals surface area contributed by atoms with Crippen LogP contribution in [0.2, 0.25) is 5.02 Å². The molecule has 0 saturated heterocycles. The molecule has 2 rings (SSSR count). The highest BCUT2D eigenvalue weighted by Crippen LogP contribution is 2.27. The maximum absolute atomic E-state index is 9.23. The highest BCUT2D eigenvalue weighted by molar-refractivity contribution is 6.58. The number of methoxy groups -OCH3 is 1. The number of aryl methyl sites for hydroxylation is 1. The Kier molecular flexibility index (Phi) is 5.12. The van der Waals surface area contributed by atoms with Gasteiger partial charge in [0.1, 0.15) is 18.1 Å². The van der Waals surface area contributed by atoms with Gasteiger partial charge in [-0.3, -0.25) is 0 Å². The second-order valence-electron chi connectivity index (χ2n) is 4.67. The Bertz CT molecular complexity index is 631. The largest absolute Gasteiger partial charge is 0.496 e. The summed E-state index contributed by atoms with van der Waals surface area (Å²) in [6.45, 7) is 2.17. The van der Waals surface area contributed by atoms with Gasteiger partial charge in [-0.25, -0.2) is 0 Å². The molecule has 0 aliphatic rings. The van der Waals surface area contributed by atoms with E-state index in [9.17, 15) is 10.0 Å². The van der Waals surface area contributed by atoms with Crippen LogP contribution in [0.4, 0.5) is 0 Å². The Morgan fingerprint density at radius 3 is 2.52 bits per heavy atom. The van der Waals surface area contributed by atoms with E-state index in [0.29, 0.717) is 27.5 Å². The Labute approximate surface area is 129 Å². The lowest BCUT2D eigenvalue weighted by Crippen LogP contribution is -2.30. The molecule has 0 aliphatic carbocycles. The predicted octanol–water partition coefficient (Wildman–Crippen LogP) is 1.92. The van der Waals surface area contributed by atoms with Gasteiger partial charge in [-0.05, 0) is 36.1 Å². The zero-order valence-electron chi connectivity index (χ0n) is 11.8. The molecule has 0 spiro atoms. The van der Waals surface area contributed by atoms with Crippen molar-refractivity contribution < 1.29 is 19.5 Å². The first kappa shape index (κ1) is 15.7. The van der Waals surface area contributed by atoms with E-state index < -0.39 is 7.12 Å². The average molecular weight is 307 g/mol. The molecule has 0 unspecified atom stereocenters. The zero-order chi connectivity index (χ0) is 15.4. The summed E-state index contributed by atoms with van der Waals surface area (Å²) in [5, 5.41) is 19.0. The summed E-state index contributed by atoms with van der Waals surface area (Å²) in [5.41, 5.74) is 2.13. The summed E-state index contributed by atoms with van der Waals surface area (Å²) in [7, 11) is 0.0188. The SMILES string of the molecule is COc1ccc(B(O)O)cc1COc1cc(C)ccc1Cl. The fraction of sp³-hybridized carbons (Fsp3) is 0.200. The fourth-order valence-electron chi connectivity index (χ4n) is 1.95. The van der Waals surface area contributed by atoms with Crippen LogP contribution >= 0.6 is 11.6 Å². The molecule has 2 aromatic rings. The van der Waals surface area contributed by atoms with Crippen LogP contribution in [0.5, 0.6) is 11.5 Å². The van der Waals surface area contributed by atoms with Crippen LogP contribution in [0.25, 0.3) is 0 Å². The number of hydrogen-bond acceptors (Lipinski definition) is 4. The topological polar surface area (TPSA) is 58.9 Å². The Balaban J connectivity index is 2.22. The second-order valence-corrected chi connectivity index (χ2v) is 5.07. The molecule has 0 saturated carbocycles. The molecule has 0 fully saturated rings. The minimum Gasteiger partial charge on any atom is -0.496 e. The van der Waals surface area contributed by atoms with Crippen molar-refractivity contribution >= 4 is 24.2 Å². The maximum Gasteiger partial charge on any atom is 0.488 e. The van der Waals surface area contributed by atoms with Crippen LogP contribution in [0.3, 0.4) is 0 Å². The second kappa shape index (κ2) is 6.85. The Hall–Kier alpha value is -1.69. The molecule has 2 N–H and O–H groups in total. The number of benzene rings is 2. The number of ether oxygens (including phenoxy) is 2. The lowest BCUT2D eigenvalue weighted by Gasteiger charge is -2.13. The number of rotatable bonds is 5. The van der Waals surface area contributed by atoms with E-state index in [0.717, 1.165) is 5.56 Å². The standard InChI is InChI=1S/C15H16BClO4/c1-10-3-5-13(17)15(7-10)21-9-11-8-12(16(18)19)4-6-14(11)20-2/h3-8,18-19H,9H2,1-2H3. The molecule has 0 heterocycles. The first-order valence-corrected chi connectivity index (χ1v) is 6.81. The van der Waals surface area contributed by atoms with Crippen molar-refractivity contribution in [2.45, 2.75) is 13.5 Å². The van der Waals surface area contributed by atoms with Gasteiger partial charge < -0.3 is 19.5 Å². The van der Waals surface area contributed by atoms with Gasteiger partial charge in [0, 0.05) is 5.56 Å². The lowest BCUT2D eigenvalue weighted by molar-refractivity contribution is 0.297. The maximum atomic E-state index is 9.23. The van der Waals surface area contributed by atoms with Gasteiger partial charge in [0.05, 0.1) is 12.1 Å². The van der Waals surface area contributed by atoms with Crippen molar-refractivity contribution in [3.05, 3.63) is 52.5 Å². The van der Waals surface area contributed by atoms with Crippen molar-refractivity contribution in [1.82, 2.24) is 0 Å². The Morgan fingerprint density at radius 1 is 1.10 bits per heavy atom. The molecule has 0 radical (unpaired) electrons. The summed E-state index contributed by atoms with van der Waals surface area (Å²) < 4.78 is 11.0. The van der Waals surface area contributed by atoms with Gasteiger partial charge in [0.15, 0.2) is 0 Å². The van der Waals surface area contributed by atoms with E-state index in [2.05, 4.69) is 0 Å². The molecule has 2 aromatic carbocycles. The van der Waals surface area contributed by atoms with Crippen molar-refractivity contribution in [2.24, 2.45) is 0 Å². The third-order valence-electron chi connectivity index (χ3n) is 3.07. The van der Waals surface area contributed by atoms with E-state index in [-0.39, 0.29) is 6.61 Å². The molecule has 110 valence electrons. The first-order valence-electron chi connectivity index (χ1n) is 6.43. The van der Waals surface area contributed by atoms with Crippen LogP contribution in [0.15, 0.2) is 36.4 Å². The highest BCUT2D eigenvalue weighted by Gasteiger charge is 2.14. The summed E-state index contributed by atoms with van der Waals surface area (Å²) in [5.74, 6) is 1.19. The highest BCUT2D eigenvalue weighted by atomic mass is 35.5. The smallest absolute Gasteiger partial charge is 0.488 e. The van der Waals surface area contributed by atoms with Gasteiger partial charge in [-0.15, -0.1) is 0 Å². The summed E-state index contributed by atoms with van der Waals surface area (Å²) >= 11 is 6.08. The lowest BCUT2D eigenvalue weighted by atomic mass is 9.79. The molecule has 0 atom stereocenters. The molecular formula is C15H16BClO4. The molecule has 6 heteroatoms. The van der Waals surface area contributed by atoms with Gasteiger partial charge in [0.25, 0.3) is 0 Å². The molecule has 0 aromatic heterocycles. The fourth-order valence-corrected chi connectivity index (χ4v) is 2.12. The molecule has 0 amide bonds. The van der Waals surface area contributed by atoms with Crippen molar-refractivity contribution in [3.8, 4) is 11.5 Å². The summed E-state index contributed by atoms with van der Waals surface area (Å²) in [6.07, 6.45) is 0. The van der Waals surface area contributed by atoms with Crippen LogP contribution < -0.4 is 14.9 Å². The van der Waals surface area contributed by atoms with E-state index in [4.69, 9.17) is 21.1 Å². The van der Waals surface area contributed by atoms with Gasteiger partial charge in [0.2, 0.25) is 0 Å². The zero-order valence-corrected chi connectivity index (χ0v) is 12.6. The van der Waals surface area contributed by atoms with Crippen molar-refractivity contribution in [2.75, 3.05) is 7.11 Å². The van der Waals surface area contributed by atoms with Gasteiger partial charge in [-0.2, -0.15) is 0 Å². The minimum atomic E-state index is -1.53. The quantitative estimate of drug-likeness (QED) is 0.829. The normalized spacial score (nSPS) is 10.3. The Morgan fingerprint density at radius 2 is 1.86 bits per heavy atom. The molecule has 0 bridgehead atoms.